The lowest BCUT2D eigenvalue weighted by Gasteiger charge is -2.07. The minimum atomic E-state index is -0.544. The first-order valence-corrected chi connectivity index (χ1v) is 7.74. The Labute approximate surface area is 142 Å². The Kier molecular flexibility index (Phi) is 4.40. The van der Waals surface area contributed by atoms with Crippen LogP contribution in [0, 0.1) is 5.82 Å². The zero-order valence-corrected chi connectivity index (χ0v) is 13.7. The van der Waals surface area contributed by atoms with E-state index in [2.05, 4.69) is 5.32 Å². The summed E-state index contributed by atoms with van der Waals surface area (Å²) in [5.74, 6) is -0.825. The van der Waals surface area contributed by atoms with E-state index in [1.54, 1.807) is 16.2 Å². The summed E-state index contributed by atoms with van der Waals surface area (Å²) in [6.45, 7) is 0.251. The second-order valence-electron chi connectivity index (χ2n) is 5.41. The predicted molar refractivity (Wildman–Crippen MR) is 91.8 cm³/mol. The first-order valence-electron chi connectivity index (χ1n) is 7.36. The number of carbonyl (C=O) groups is 1. The Morgan fingerprint density at radius 3 is 2.62 bits per heavy atom. The minimum Gasteiger partial charge on any atom is -0.326 e. The molecule has 0 saturated heterocycles. The van der Waals surface area contributed by atoms with Gasteiger partial charge < -0.3 is 5.32 Å². The molecule has 0 unspecified atom stereocenters. The molecule has 0 aliphatic rings. The number of nitrogens with zero attached hydrogens (tertiary/aromatic N) is 2. The van der Waals surface area contributed by atoms with Crippen LogP contribution in [0.3, 0.4) is 0 Å². The molecule has 5 nitrogen and oxygen atoms in total. The van der Waals surface area contributed by atoms with Crippen LogP contribution in [0.25, 0.3) is 11.0 Å². The highest BCUT2D eigenvalue weighted by molar-refractivity contribution is 6.31. The molecule has 1 aromatic heterocycles. The lowest BCUT2D eigenvalue weighted by atomic mass is 10.3. The molecule has 0 fully saturated rings. The molecule has 1 amide bonds. The molecule has 7 heteroatoms. The summed E-state index contributed by atoms with van der Waals surface area (Å²) in [4.78, 5) is 24.3. The van der Waals surface area contributed by atoms with Gasteiger partial charge in [-0.25, -0.2) is 9.18 Å². The maximum absolute atomic E-state index is 13.1. The van der Waals surface area contributed by atoms with E-state index >= 15 is 0 Å². The van der Waals surface area contributed by atoms with Crippen molar-refractivity contribution in [1.29, 1.82) is 0 Å². The molecule has 0 radical (unpaired) electrons. The zero-order valence-electron chi connectivity index (χ0n) is 12.9. The molecule has 3 aromatic rings. The number of benzene rings is 2. The van der Waals surface area contributed by atoms with E-state index in [1.165, 1.54) is 18.2 Å². The summed E-state index contributed by atoms with van der Waals surface area (Å²) in [5, 5.41) is 2.58. The first-order chi connectivity index (χ1) is 11.5. The third-order valence-corrected chi connectivity index (χ3v) is 4.11. The van der Waals surface area contributed by atoms with Crippen molar-refractivity contribution in [3.8, 4) is 0 Å². The van der Waals surface area contributed by atoms with Crippen LogP contribution in [0.5, 0.6) is 0 Å². The molecule has 2 aromatic carbocycles. The molecule has 0 bridgehead atoms. The standard InChI is InChI=1S/C17H15ClFN3O2/c1-21-14-4-2-3-5-15(14)22(17(21)24)9-8-16(23)20-11-6-7-13(19)12(18)10-11/h2-7,10H,8-9H2,1H3,(H,20,23). The number of nitrogens with one attached hydrogen (secondary N) is 1. The van der Waals surface area contributed by atoms with Gasteiger partial charge in [-0.05, 0) is 30.3 Å². The number of aryl methyl sites for hydroxylation is 2. The molecule has 0 spiro atoms. The van der Waals surface area contributed by atoms with Crippen LogP contribution >= 0.6 is 11.6 Å². The van der Waals surface area contributed by atoms with Crippen LogP contribution < -0.4 is 11.0 Å². The fraction of sp³-hybridized carbons (Fsp3) is 0.176. The first kappa shape index (κ1) is 16.3. The van der Waals surface area contributed by atoms with Crippen molar-refractivity contribution in [2.45, 2.75) is 13.0 Å². The summed E-state index contributed by atoms with van der Waals surface area (Å²) in [6, 6.07) is 11.4. The number of fused-ring (bicyclic) bond motifs is 1. The van der Waals surface area contributed by atoms with E-state index in [0.29, 0.717) is 5.69 Å². The minimum absolute atomic E-state index is 0.0573. The Hall–Kier alpha value is -2.60. The second kappa shape index (κ2) is 6.49. The number of aromatic nitrogens is 2. The van der Waals surface area contributed by atoms with Gasteiger partial charge in [0.1, 0.15) is 5.82 Å². The Balaban J connectivity index is 1.74. The van der Waals surface area contributed by atoms with Crippen LogP contribution in [-0.4, -0.2) is 15.0 Å². The van der Waals surface area contributed by atoms with Gasteiger partial charge in [-0.3, -0.25) is 13.9 Å². The van der Waals surface area contributed by atoms with E-state index in [0.717, 1.165) is 11.0 Å². The molecule has 124 valence electrons. The maximum Gasteiger partial charge on any atom is 0.328 e. The topological polar surface area (TPSA) is 56.0 Å². The van der Waals surface area contributed by atoms with Gasteiger partial charge in [0.15, 0.2) is 0 Å². The fourth-order valence-corrected chi connectivity index (χ4v) is 2.77. The number of amides is 1. The highest BCUT2D eigenvalue weighted by Gasteiger charge is 2.12. The molecule has 24 heavy (non-hydrogen) atoms. The number of imidazole rings is 1. The van der Waals surface area contributed by atoms with Crippen LogP contribution in [0.1, 0.15) is 6.42 Å². The van der Waals surface area contributed by atoms with Crippen LogP contribution in [0.2, 0.25) is 5.02 Å². The largest absolute Gasteiger partial charge is 0.328 e. The SMILES string of the molecule is Cn1c(=O)n(CCC(=O)Nc2ccc(F)c(Cl)c2)c2ccccc21. The average Bonchev–Trinajstić information content (AvgIpc) is 2.81. The van der Waals surface area contributed by atoms with Gasteiger partial charge in [0.25, 0.3) is 0 Å². The molecule has 0 aliphatic heterocycles. The number of hydrogen-bond acceptors (Lipinski definition) is 2. The average molecular weight is 348 g/mol. The van der Waals surface area contributed by atoms with E-state index in [4.69, 9.17) is 11.6 Å². The number of carbonyl (C=O) groups excluding carboxylic acids is 1. The van der Waals surface area contributed by atoms with Gasteiger partial charge in [0.05, 0.1) is 16.1 Å². The molecule has 1 heterocycles. The number of para-hydroxylation sites is 2. The van der Waals surface area contributed by atoms with E-state index in [9.17, 15) is 14.0 Å². The van der Waals surface area contributed by atoms with Crippen molar-refractivity contribution >= 4 is 34.2 Å². The number of anilines is 1. The van der Waals surface area contributed by atoms with Crippen molar-refractivity contribution in [1.82, 2.24) is 9.13 Å². The molecular formula is C17H15ClFN3O2. The van der Waals surface area contributed by atoms with Gasteiger partial charge >= 0.3 is 5.69 Å². The molecule has 0 aliphatic carbocycles. The third kappa shape index (κ3) is 3.05. The zero-order chi connectivity index (χ0) is 17.3. The van der Waals surface area contributed by atoms with Crippen LogP contribution in [-0.2, 0) is 18.4 Å². The highest BCUT2D eigenvalue weighted by Crippen LogP contribution is 2.19. The molecular weight excluding hydrogens is 333 g/mol. The molecule has 0 saturated carbocycles. The van der Waals surface area contributed by atoms with Crippen molar-refractivity contribution in [2.75, 3.05) is 5.32 Å². The van der Waals surface area contributed by atoms with Gasteiger partial charge in [-0.1, -0.05) is 23.7 Å². The molecule has 3 rings (SSSR count). The summed E-state index contributed by atoms with van der Waals surface area (Å²) < 4.78 is 16.2. The van der Waals surface area contributed by atoms with Crippen molar-refractivity contribution in [2.24, 2.45) is 7.05 Å². The number of halogens is 2. The molecule has 1 N–H and O–H groups in total. The van der Waals surface area contributed by atoms with Gasteiger partial charge in [0, 0.05) is 25.7 Å². The van der Waals surface area contributed by atoms with Crippen LogP contribution in [0.15, 0.2) is 47.3 Å². The van der Waals surface area contributed by atoms with E-state index < -0.39 is 5.82 Å². The predicted octanol–water partition coefficient (Wildman–Crippen LogP) is 3.16. The number of hydrogen-bond donors (Lipinski definition) is 1. The number of rotatable bonds is 4. The Morgan fingerprint density at radius 1 is 1.21 bits per heavy atom. The van der Waals surface area contributed by atoms with E-state index in [1.807, 2.05) is 24.3 Å². The van der Waals surface area contributed by atoms with Crippen molar-refractivity contribution < 1.29 is 9.18 Å². The quantitative estimate of drug-likeness (QED) is 0.788. The fourth-order valence-electron chi connectivity index (χ4n) is 2.59. The maximum atomic E-state index is 13.1. The van der Waals surface area contributed by atoms with Crippen molar-refractivity contribution in [3.63, 3.8) is 0 Å². The summed E-state index contributed by atoms with van der Waals surface area (Å²) in [7, 11) is 1.70. The van der Waals surface area contributed by atoms with Crippen molar-refractivity contribution in [3.05, 3.63) is 63.8 Å². The third-order valence-electron chi connectivity index (χ3n) is 3.82. The Bertz CT molecular complexity index is 978. The summed E-state index contributed by atoms with van der Waals surface area (Å²) >= 11 is 5.68. The van der Waals surface area contributed by atoms with E-state index in [-0.39, 0.29) is 29.6 Å². The molecule has 0 atom stereocenters. The lowest BCUT2D eigenvalue weighted by molar-refractivity contribution is -0.116. The smallest absolute Gasteiger partial charge is 0.326 e. The van der Waals surface area contributed by atoms with Crippen LogP contribution in [0.4, 0.5) is 10.1 Å². The second-order valence-corrected chi connectivity index (χ2v) is 5.82. The summed E-state index contributed by atoms with van der Waals surface area (Å²) in [5.41, 5.74) is 1.83. The van der Waals surface area contributed by atoms with Gasteiger partial charge in [-0.15, -0.1) is 0 Å². The normalized spacial score (nSPS) is 11.0. The highest BCUT2D eigenvalue weighted by atomic mass is 35.5. The lowest BCUT2D eigenvalue weighted by Crippen LogP contribution is -2.24. The van der Waals surface area contributed by atoms with Gasteiger partial charge in [-0.2, -0.15) is 0 Å². The summed E-state index contributed by atoms with van der Waals surface area (Å²) in [6.07, 6.45) is 0.114. The monoisotopic (exact) mass is 347 g/mol. The Morgan fingerprint density at radius 2 is 1.92 bits per heavy atom. The van der Waals surface area contributed by atoms with Gasteiger partial charge in [0.2, 0.25) is 5.91 Å².